The molecule has 0 unspecified atom stereocenters. The minimum absolute atomic E-state index is 0.0261. The molecule has 0 radical (unpaired) electrons. The van der Waals surface area contributed by atoms with Crippen LogP contribution in [0.2, 0.25) is 0 Å². The van der Waals surface area contributed by atoms with E-state index in [2.05, 4.69) is 174 Å². The van der Waals surface area contributed by atoms with Crippen LogP contribution in [0.15, 0.2) is 267 Å². The zero-order valence-corrected chi connectivity index (χ0v) is 39.7. The molecule has 14 rings (SSSR count). The molecule has 0 aliphatic carbocycles. The van der Waals surface area contributed by atoms with Crippen molar-refractivity contribution in [3.05, 3.63) is 267 Å². The van der Waals surface area contributed by atoms with Crippen LogP contribution in [0.25, 0.3) is 97.4 Å². The summed E-state index contributed by atoms with van der Waals surface area (Å²) in [4.78, 5) is 0. The molecule has 3 aromatic heterocycles. The molecule has 0 amide bonds. The Hall–Kier alpha value is -8.54. The fourth-order valence-corrected chi connectivity index (χ4v) is 17.5. The molecule has 4 heteroatoms. The lowest BCUT2D eigenvalue weighted by Gasteiger charge is -2.35. The summed E-state index contributed by atoms with van der Waals surface area (Å²) >= 11 is 1.84. The molecule has 0 spiro atoms. The third-order valence-electron chi connectivity index (χ3n) is 14.4. The highest BCUT2D eigenvalue weighted by atomic mass is 32.1. The van der Waals surface area contributed by atoms with E-state index in [0.29, 0.717) is 11.1 Å². The minimum atomic E-state index is -3.19. The van der Waals surface area contributed by atoms with E-state index < -0.39 is 8.07 Å². The first-order valence-electron chi connectivity index (χ1n) is 25.8. The van der Waals surface area contributed by atoms with Gasteiger partial charge >= 0.3 is 0 Å². The molecule has 0 atom stereocenters. The summed E-state index contributed by atoms with van der Waals surface area (Å²) in [7, 11) is -3.19. The van der Waals surface area contributed by atoms with Crippen LogP contribution in [-0.4, -0.2) is 17.2 Å². The number of hydrogen-bond acceptors (Lipinski definition) is 1. The molecule has 0 fully saturated rings. The first-order chi connectivity index (χ1) is 36.4. The summed E-state index contributed by atoms with van der Waals surface area (Å²) in [6.07, 6.45) is 0. The van der Waals surface area contributed by atoms with Gasteiger partial charge in [0.25, 0.3) is 0 Å². The van der Waals surface area contributed by atoms with Crippen LogP contribution in [0.3, 0.4) is 0 Å². The standard InChI is InChI=1S/C66H44N2SSi/c1-4-21-45(22-5-1)51-29-10-11-30-52(51)46-23-18-24-47(43-46)67-58-35-15-12-31-53(58)55-34-19-38-61(66(55)67)68-59-36-16-13-33-56(59)65-60(68)37-20-40-64(65)70(48-25-6-2-7-26-48,49-27-8-3-9-28-49)50-41-42-63-57(44-50)54-32-14-17-39-62(54)69-63/h1-44H/i18D,23D,24D,43D. The second-order valence-electron chi connectivity index (χ2n) is 18.0. The Morgan fingerprint density at radius 1 is 0.386 bits per heavy atom. The van der Waals surface area contributed by atoms with Gasteiger partial charge in [-0.25, -0.2) is 0 Å². The number of nitrogens with zero attached hydrogens (tertiary/aromatic N) is 2. The molecule has 0 aliphatic heterocycles. The molecule has 0 saturated heterocycles. The van der Waals surface area contributed by atoms with E-state index in [0.717, 1.165) is 55.0 Å². The second kappa shape index (κ2) is 16.3. The van der Waals surface area contributed by atoms with Crippen molar-refractivity contribution in [1.82, 2.24) is 9.13 Å². The minimum Gasteiger partial charge on any atom is -0.307 e. The number of benzene rings is 11. The third kappa shape index (κ3) is 6.10. The maximum atomic E-state index is 10.2. The van der Waals surface area contributed by atoms with Gasteiger partial charge in [0.2, 0.25) is 0 Å². The smallest absolute Gasteiger partial charge is 0.180 e. The summed E-state index contributed by atoms with van der Waals surface area (Å²) in [6.45, 7) is 0. The van der Waals surface area contributed by atoms with Gasteiger partial charge < -0.3 is 9.13 Å². The van der Waals surface area contributed by atoms with E-state index in [1.54, 1.807) is 0 Å². The molecule has 11 aromatic carbocycles. The second-order valence-corrected chi connectivity index (χ2v) is 22.9. The van der Waals surface area contributed by atoms with Crippen molar-refractivity contribution in [2.24, 2.45) is 0 Å². The van der Waals surface area contributed by atoms with Crippen molar-refractivity contribution < 1.29 is 5.48 Å². The number of fused-ring (bicyclic) bond motifs is 9. The molecule has 70 heavy (non-hydrogen) atoms. The molecule has 2 nitrogen and oxygen atoms in total. The highest BCUT2D eigenvalue weighted by molar-refractivity contribution is 7.26. The Labute approximate surface area is 416 Å². The van der Waals surface area contributed by atoms with Gasteiger partial charge in [0.1, 0.15) is 0 Å². The van der Waals surface area contributed by atoms with Crippen LogP contribution in [-0.2, 0) is 0 Å². The first kappa shape index (κ1) is 36.5. The third-order valence-corrected chi connectivity index (χ3v) is 20.3. The predicted molar refractivity (Wildman–Crippen MR) is 302 cm³/mol. The first-order valence-corrected chi connectivity index (χ1v) is 26.6. The van der Waals surface area contributed by atoms with E-state index in [1.165, 1.54) is 46.3 Å². The van der Waals surface area contributed by atoms with Crippen molar-refractivity contribution in [1.29, 1.82) is 0 Å². The Morgan fingerprint density at radius 2 is 0.957 bits per heavy atom. The molecule has 0 aliphatic rings. The van der Waals surface area contributed by atoms with Crippen LogP contribution in [0.4, 0.5) is 0 Å². The summed E-state index contributed by atoms with van der Waals surface area (Å²) in [5.41, 5.74) is 7.64. The lowest BCUT2D eigenvalue weighted by molar-refractivity contribution is 1.13. The van der Waals surface area contributed by atoms with Gasteiger partial charge in [-0.05, 0) is 91.5 Å². The molecule has 0 saturated carbocycles. The number of rotatable bonds is 8. The zero-order valence-electron chi connectivity index (χ0n) is 41.9. The summed E-state index contributed by atoms with van der Waals surface area (Å²) in [5, 5.41) is 11.9. The molecule has 3 heterocycles. The van der Waals surface area contributed by atoms with Crippen LogP contribution >= 0.6 is 11.3 Å². The SMILES string of the molecule is [2H]c1c([2H])c(-c2ccccc2-c2ccccc2)c([2H])c(-n2c3ccccc3c3cccc(-n4c5ccccc5c5c([Si](c6ccccc6)(c6ccccc6)c6ccc7sc8ccccc8c7c6)cccc54)c32)c1[2H]. The number of hydrogen-bond donors (Lipinski definition) is 0. The number of thiophene rings is 1. The van der Waals surface area contributed by atoms with E-state index >= 15 is 0 Å². The normalized spacial score (nSPS) is 12.8. The van der Waals surface area contributed by atoms with Crippen molar-refractivity contribution in [3.63, 3.8) is 0 Å². The fourth-order valence-electron chi connectivity index (χ4n) is 11.5. The highest BCUT2D eigenvalue weighted by Crippen LogP contribution is 2.41. The van der Waals surface area contributed by atoms with Crippen molar-refractivity contribution in [2.75, 3.05) is 0 Å². The van der Waals surface area contributed by atoms with Crippen LogP contribution < -0.4 is 20.7 Å². The Kier molecular flexibility index (Phi) is 8.50. The van der Waals surface area contributed by atoms with Gasteiger partial charge in [-0.2, -0.15) is 0 Å². The summed E-state index contributed by atoms with van der Waals surface area (Å²) in [6, 6.07) is 85.8. The van der Waals surface area contributed by atoms with Crippen LogP contribution in [0.1, 0.15) is 5.48 Å². The molecule has 0 N–H and O–H groups in total. The van der Waals surface area contributed by atoms with Gasteiger partial charge in [-0.3, -0.25) is 0 Å². The van der Waals surface area contributed by atoms with Crippen molar-refractivity contribution in [2.45, 2.75) is 0 Å². The Morgan fingerprint density at radius 3 is 1.71 bits per heavy atom. The zero-order chi connectivity index (χ0) is 49.7. The van der Waals surface area contributed by atoms with Crippen LogP contribution in [0.5, 0.6) is 0 Å². The van der Waals surface area contributed by atoms with Gasteiger partial charge in [-0.15, -0.1) is 11.3 Å². The van der Waals surface area contributed by atoms with E-state index in [-0.39, 0.29) is 29.9 Å². The monoisotopic (exact) mass is 928 g/mol. The maximum absolute atomic E-state index is 10.2. The van der Waals surface area contributed by atoms with Crippen LogP contribution in [0, 0.1) is 0 Å². The maximum Gasteiger partial charge on any atom is 0.180 e. The topological polar surface area (TPSA) is 9.86 Å². The van der Waals surface area contributed by atoms with Crippen molar-refractivity contribution >= 4 is 104 Å². The Bertz CT molecular complexity index is 4500. The average Bonchev–Trinajstić information content (AvgIpc) is 4.12. The Balaban J connectivity index is 1.10. The van der Waals surface area contributed by atoms with Gasteiger partial charge in [-0.1, -0.05) is 218 Å². The van der Waals surface area contributed by atoms with E-state index in [1.807, 2.05) is 88.7 Å². The van der Waals surface area contributed by atoms with Gasteiger partial charge in [0, 0.05) is 47.4 Å². The highest BCUT2D eigenvalue weighted by Gasteiger charge is 2.43. The molecule has 0 bridgehead atoms. The largest absolute Gasteiger partial charge is 0.307 e. The van der Waals surface area contributed by atoms with Gasteiger partial charge in [0.15, 0.2) is 8.07 Å². The molecular formula is C66H44N2SSi. The van der Waals surface area contributed by atoms with E-state index in [9.17, 15) is 5.48 Å². The quantitative estimate of drug-likeness (QED) is 0.106. The summed E-state index contributed by atoms with van der Waals surface area (Å²) in [5.74, 6) is 0. The number of aromatic nitrogens is 2. The average molecular weight is 929 g/mol. The van der Waals surface area contributed by atoms with Gasteiger partial charge in [0.05, 0.1) is 33.2 Å². The predicted octanol–water partition coefficient (Wildman–Crippen LogP) is 15.0. The van der Waals surface area contributed by atoms with Crippen molar-refractivity contribution in [3.8, 4) is 33.6 Å². The lowest BCUT2D eigenvalue weighted by atomic mass is 9.94. The molecular weight excluding hydrogens is 881 g/mol. The molecule has 328 valence electrons. The fraction of sp³-hybridized carbons (Fsp3) is 0. The number of para-hydroxylation sites is 3. The summed E-state index contributed by atoms with van der Waals surface area (Å²) < 4.78 is 45.9. The molecule has 14 aromatic rings. The lowest BCUT2D eigenvalue weighted by Crippen LogP contribution is -2.74. The van der Waals surface area contributed by atoms with E-state index in [4.69, 9.17) is 0 Å².